The highest BCUT2D eigenvalue weighted by molar-refractivity contribution is 6.01. The maximum absolute atomic E-state index is 12.6. The van der Waals surface area contributed by atoms with Crippen LogP contribution in [0, 0.1) is 26.7 Å². The molecule has 36 heavy (non-hydrogen) atoms. The lowest BCUT2D eigenvalue weighted by Gasteiger charge is -2.19. The van der Waals surface area contributed by atoms with Gasteiger partial charge in [0.2, 0.25) is 5.91 Å². The maximum Gasteiger partial charge on any atom is 0.343 e. The van der Waals surface area contributed by atoms with Crippen LogP contribution in [0.15, 0.2) is 66.7 Å². The standard InChI is InChI=1S/C29H27NO6/c1-18-5-8-22(9-6-18)29(34)36-24-12-10-21(11-13-24)26(31)17-35-28(33)23-15-27(32)30(16-23)25-14-19(2)4-7-20(25)3/h4-14,23H,15-17H2,1-3H3/t23-/m0/s1. The van der Waals surface area contributed by atoms with Gasteiger partial charge in [-0.2, -0.15) is 0 Å². The second-order valence-corrected chi connectivity index (χ2v) is 9.01. The Hall–Kier alpha value is -4.26. The summed E-state index contributed by atoms with van der Waals surface area (Å²) in [6.45, 7) is 5.58. The fraction of sp³-hybridized carbons (Fsp3) is 0.241. The van der Waals surface area contributed by atoms with Crippen molar-refractivity contribution in [2.45, 2.75) is 27.2 Å². The maximum atomic E-state index is 12.6. The molecule has 1 atom stereocenters. The van der Waals surface area contributed by atoms with Gasteiger partial charge in [-0.3, -0.25) is 14.4 Å². The summed E-state index contributed by atoms with van der Waals surface area (Å²) < 4.78 is 10.6. The first-order chi connectivity index (χ1) is 17.2. The summed E-state index contributed by atoms with van der Waals surface area (Å²) in [7, 11) is 0. The average molecular weight is 486 g/mol. The average Bonchev–Trinajstić information content (AvgIpc) is 3.26. The summed E-state index contributed by atoms with van der Waals surface area (Å²) in [5, 5.41) is 0. The van der Waals surface area contributed by atoms with Crippen LogP contribution in [0.25, 0.3) is 0 Å². The van der Waals surface area contributed by atoms with Crippen LogP contribution < -0.4 is 9.64 Å². The minimum atomic E-state index is -0.631. The molecule has 1 heterocycles. The van der Waals surface area contributed by atoms with Crippen LogP contribution in [-0.2, 0) is 14.3 Å². The van der Waals surface area contributed by atoms with E-state index in [1.165, 1.54) is 24.3 Å². The van der Waals surface area contributed by atoms with Crippen molar-refractivity contribution in [3.8, 4) is 5.75 Å². The third-order valence-corrected chi connectivity index (χ3v) is 6.13. The van der Waals surface area contributed by atoms with Gasteiger partial charge in [-0.1, -0.05) is 29.8 Å². The van der Waals surface area contributed by atoms with Gasteiger partial charge in [0.1, 0.15) is 5.75 Å². The SMILES string of the molecule is Cc1ccc(C(=O)Oc2ccc(C(=O)COC(=O)[C@H]3CC(=O)N(c4cc(C)ccc4C)C3)cc2)cc1. The lowest BCUT2D eigenvalue weighted by atomic mass is 10.1. The number of Topliss-reactive ketones (excluding diaryl/α,β-unsaturated/α-hetero) is 1. The van der Waals surface area contributed by atoms with E-state index in [4.69, 9.17) is 9.47 Å². The number of esters is 2. The molecule has 0 aliphatic carbocycles. The highest BCUT2D eigenvalue weighted by Gasteiger charge is 2.37. The summed E-state index contributed by atoms with van der Waals surface area (Å²) in [5.74, 6) is -1.95. The van der Waals surface area contributed by atoms with Crippen molar-refractivity contribution < 1.29 is 28.7 Å². The minimum absolute atomic E-state index is 0.0431. The summed E-state index contributed by atoms with van der Waals surface area (Å²) in [4.78, 5) is 51.5. The van der Waals surface area contributed by atoms with E-state index in [2.05, 4.69) is 0 Å². The summed E-state index contributed by atoms with van der Waals surface area (Å²) >= 11 is 0. The second kappa shape index (κ2) is 10.6. The van der Waals surface area contributed by atoms with Gasteiger partial charge in [-0.25, -0.2) is 4.79 Å². The number of hydrogen-bond donors (Lipinski definition) is 0. The topological polar surface area (TPSA) is 90.0 Å². The quantitative estimate of drug-likeness (QED) is 0.276. The molecule has 0 aromatic heterocycles. The lowest BCUT2D eigenvalue weighted by Crippen LogP contribution is -2.27. The number of anilines is 1. The molecule has 1 aliphatic rings. The Bertz CT molecular complexity index is 1310. The molecular formula is C29H27NO6. The number of aryl methyl sites for hydroxylation is 3. The van der Waals surface area contributed by atoms with Crippen molar-refractivity contribution in [2.75, 3.05) is 18.1 Å². The molecular weight excluding hydrogens is 458 g/mol. The van der Waals surface area contributed by atoms with E-state index in [0.717, 1.165) is 22.4 Å². The van der Waals surface area contributed by atoms with E-state index in [-0.39, 0.29) is 18.9 Å². The minimum Gasteiger partial charge on any atom is -0.457 e. The van der Waals surface area contributed by atoms with Gasteiger partial charge in [0.15, 0.2) is 12.4 Å². The molecule has 3 aromatic rings. The smallest absolute Gasteiger partial charge is 0.343 e. The zero-order valence-electron chi connectivity index (χ0n) is 20.4. The van der Waals surface area contributed by atoms with Crippen LogP contribution in [0.2, 0.25) is 0 Å². The van der Waals surface area contributed by atoms with Gasteiger partial charge in [0, 0.05) is 24.2 Å². The molecule has 0 bridgehead atoms. The monoisotopic (exact) mass is 485 g/mol. The summed E-state index contributed by atoms with van der Waals surface area (Å²) in [5.41, 5.74) is 4.54. The number of amides is 1. The lowest BCUT2D eigenvalue weighted by molar-refractivity contribution is -0.147. The molecule has 1 saturated heterocycles. The molecule has 1 aliphatic heterocycles. The van der Waals surface area contributed by atoms with E-state index < -0.39 is 30.2 Å². The summed E-state index contributed by atoms with van der Waals surface area (Å²) in [6, 6.07) is 18.9. The van der Waals surface area contributed by atoms with Crippen molar-refractivity contribution in [1.82, 2.24) is 0 Å². The fourth-order valence-corrected chi connectivity index (χ4v) is 4.01. The molecule has 7 nitrogen and oxygen atoms in total. The van der Waals surface area contributed by atoms with Crippen LogP contribution in [0.4, 0.5) is 5.69 Å². The predicted molar refractivity (Wildman–Crippen MR) is 134 cm³/mol. The molecule has 0 saturated carbocycles. The number of benzene rings is 3. The number of carbonyl (C=O) groups excluding carboxylic acids is 4. The van der Waals surface area contributed by atoms with E-state index in [0.29, 0.717) is 16.9 Å². The molecule has 7 heteroatoms. The Morgan fingerprint density at radius 1 is 0.861 bits per heavy atom. The van der Waals surface area contributed by atoms with Gasteiger partial charge in [-0.05, 0) is 74.4 Å². The van der Waals surface area contributed by atoms with Gasteiger partial charge < -0.3 is 14.4 Å². The first-order valence-electron chi connectivity index (χ1n) is 11.7. The molecule has 0 spiro atoms. The zero-order chi connectivity index (χ0) is 25.8. The number of hydrogen-bond acceptors (Lipinski definition) is 6. The van der Waals surface area contributed by atoms with Crippen molar-refractivity contribution in [2.24, 2.45) is 5.92 Å². The molecule has 0 N–H and O–H groups in total. The molecule has 0 unspecified atom stereocenters. The highest BCUT2D eigenvalue weighted by Crippen LogP contribution is 2.29. The third-order valence-electron chi connectivity index (χ3n) is 6.13. The number of nitrogens with zero attached hydrogens (tertiary/aromatic N) is 1. The van der Waals surface area contributed by atoms with E-state index in [9.17, 15) is 19.2 Å². The van der Waals surface area contributed by atoms with Gasteiger partial charge in [-0.15, -0.1) is 0 Å². The Balaban J connectivity index is 1.30. The number of ketones is 1. The normalized spacial score (nSPS) is 15.0. The van der Waals surface area contributed by atoms with E-state index in [1.54, 1.807) is 17.0 Å². The molecule has 4 rings (SSSR count). The zero-order valence-corrected chi connectivity index (χ0v) is 20.4. The van der Waals surface area contributed by atoms with E-state index in [1.807, 2.05) is 51.1 Å². The van der Waals surface area contributed by atoms with Crippen molar-refractivity contribution >= 4 is 29.3 Å². The highest BCUT2D eigenvalue weighted by atomic mass is 16.5. The predicted octanol–water partition coefficient (Wildman–Crippen LogP) is 4.61. The Labute approximate surface area is 209 Å². The van der Waals surface area contributed by atoms with Crippen molar-refractivity contribution in [3.05, 3.63) is 94.5 Å². The Kier molecular flexibility index (Phi) is 7.29. The number of rotatable bonds is 7. The van der Waals surface area contributed by atoms with Crippen molar-refractivity contribution in [1.29, 1.82) is 0 Å². The Morgan fingerprint density at radius 3 is 2.19 bits per heavy atom. The molecule has 1 amide bonds. The van der Waals surface area contributed by atoms with Gasteiger partial charge in [0.25, 0.3) is 0 Å². The molecule has 184 valence electrons. The number of ether oxygens (including phenoxy) is 2. The third kappa shape index (κ3) is 5.68. The number of carbonyl (C=O) groups is 4. The van der Waals surface area contributed by atoms with E-state index >= 15 is 0 Å². The molecule has 3 aromatic carbocycles. The van der Waals surface area contributed by atoms with Crippen LogP contribution in [0.3, 0.4) is 0 Å². The van der Waals surface area contributed by atoms with Crippen LogP contribution in [-0.4, -0.2) is 36.8 Å². The van der Waals surface area contributed by atoms with Crippen LogP contribution >= 0.6 is 0 Å². The fourth-order valence-electron chi connectivity index (χ4n) is 4.01. The molecule has 1 fully saturated rings. The first-order valence-corrected chi connectivity index (χ1v) is 11.7. The second-order valence-electron chi connectivity index (χ2n) is 9.01. The Morgan fingerprint density at radius 2 is 1.50 bits per heavy atom. The molecule has 0 radical (unpaired) electrons. The summed E-state index contributed by atoms with van der Waals surface area (Å²) in [6.07, 6.45) is 0.0431. The van der Waals surface area contributed by atoms with Gasteiger partial charge >= 0.3 is 11.9 Å². The van der Waals surface area contributed by atoms with Crippen molar-refractivity contribution in [3.63, 3.8) is 0 Å². The first kappa shape index (κ1) is 24.9. The van der Waals surface area contributed by atoms with Crippen LogP contribution in [0.5, 0.6) is 5.75 Å². The van der Waals surface area contributed by atoms with Crippen LogP contribution in [0.1, 0.15) is 43.8 Å². The largest absolute Gasteiger partial charge is 0.457 e. The van der Waals surface area contributed by atoms with Gasteiger partial charge in [0.05, 0.1) is 11.5 Å².